The van der Waals surface area contributed by atoms with E-state index in [0.29, 0.717) is 12.0 Å². The Morgan fingerprint density at radius 2 is 2.04 bits per heavy atom. The summed E-state index contributed by atoms with van der Waals surface area (Å²) in [5.74, 6) is 1.01. The van der Waals surface area contributed by atoms with Crippen LogP contribution in [0.1, 0.15) is 55.0 Å². The Balaban J connectivity index is 1.36. The van der Waals surface area contributed by atoms with E-state index in [9.17, 15) is 10.1 Å². The fourth-order valence-electron chi connectivity index (χ4n) is 4.68. The SMILES string of the molecule is N#Cc1cc2c(nc1N1CCC(n3cc(N4CCCC4=O)cn3)C1)CCCC2. The zero-order chi connectivity index (χ0) is 19.1. The average molecular weight is 376 g/mol. The summed E-state index contributed by atoms with van der Waals surface area (Å²) in [5, 5.41) is 14.2. The molecule has 144 valence electrons. The number of aryl methyl sites for hydroxylation is 2. The van der Waals surface area contributed by atoms with Gasteiger partial charge in [-0.2, -0.15) is 10.4 Å². The highest BCUT2D eigenvalue weighted by molar-refractivity contribution is 5.95. The molecular weight excluding hydrogens is 352 g/mol. The summed E-state index contributed by atoms with van der Waals surface area (Å²) in [7, 11) is 0. The number of carbonyl (C=O) groups is 1. The second-order valence-corrected chi connectivity index (χ2v) is 8.00. The third-order valence-corrected chi connectivity index (χ3v) is 6.21. The molecule has 2 aromatic rings. The molecule has 2 aliphatic heterocycles. The van der Waals surface area contributed by atoms with Gasteiger partial charge in [0.1, 0.15) is 11.9 Å². The van der Waals surface area contributed by atoms with Gasteiger partial charge < -0.3 is 9.80 Å². The van der Waals surface area contributed by atoms with Gasteiger partial charge in [0.15, 0.2) is 0 Å². The minimum Gasteiger partial charge on any atom is -0.353 e. The summed E-state index contributed by atoms with van der Waals surface area (Å²) in [6.07, 6.45) is 10.7. The largest absolute Gasteiger partial charge is 0.353 e. The number of nitriles is 1. The first-order valence-electron chi connectivity index (χ1n) is 10.3. The van der Waals surface area contributed by atoms with Gasteiger partial charge in [0, 0.05) is 37.9 Å². The van der Waals surface area contributed by atoms with Crippen LogP contribution in [0.25, 0.3) is 0 Å². The number of anilines is 2. The van der Waals surface area contributed by atoms with Gasteiger partial charge in [-0.1, -0.05) is 0 Å². The van der Waals surface area contributed by atoms with E-state index in [0.717, 1.165) is 62.5 Å². The molecule has 1 atom stereocenters. The van der Waals surface area contributed by atoms with Crippen LogP contribution in [0.3, 0.4) is 0 Å². The number of rotatable bonds is 3. The Morgan fingerprint density at radius 1 is 1.14 bits per heavy atom. The van der Waals surface area contributed by atoms with Crippen molar-refractivity contribution in [1.82, 2.24) is 14.8 Å². The van der Waals surface area contributed by atoms with Crippen molar-refractivity contribution in [2.24, 2.45) is 0 Å². The van der Waals surface area contributed by atoms with E-state index < -0.39 is 0 Å². The minimum absolute atomic E-state index is 0.185. The summed E-state index contributed by atoms with van der Waals surface area (Å²) >= 11 is 0. The molecule has 5 rings (SSSR count). The van der Waals surface area contributed by atoms with Crippen LogP contribution in [0.5, 0.6) is 0 Å². The number of pyridine rings is 1. The van der Waals surface area contributed by atoms with E-state index in [4.69, 9.17) is 4.98 Å². The van der Waals surface area contributed by atoms with Gasteiger partial charge in [-0.15, -0.1) is 0 Å². The van der Waals surface area contributed by atoms with Gasteiger partial charge in [-0.05, 0) is 50.2 Å². The van der Waals surface area contributed by atoms with Crippen molar-refractivity contribution < 1.29 is 4.79 Å². The predicted octanol–water partition coefficient (Wildman–Crippen LogP) is 2.61. The van der Waals surface area contributed by atoms with Crippen LogP contribution in [0.2, 0.25) is 0 Å². The van der Waals surface area contributed by atoms with Crippen molar-refractivity contribution in [3.63, 3.8) is 0 Å². The van der Waals surface area contributed by atoms with Crippen LogP contribution >= 0.6 is 0 Å². The molecule has 7 nitrogen and oxygen atoms in total. The Morgan fingerprint density at radius 3 is 2.86 bits per heavy atom. The van der Waals surface area contributed by atoms with E-state index >= 15 is 0 Å². The Labute approximate surface area is 164 Å². The van der Waals surface area contributed by atoms with Gasteiger partial charge in [0.05, 0.1) is 23.5 Å². The lowest BCUT2D eigenvalue weighted by Crippen LogP contribution is -2.24. The zero-order valence-electron chi connectivity index (χ0n) is 16.0. The molecule has 2 fully saturated rings. The van der Waals surface area contributed by atoms with E-state index in [-0.39, 0.29) is 11.9 Å². The van der Waals surface area contributed by atoms with Gasteiger partial charge >= 0.3 is 0 Å². The minimum atomic E-state index is 0.185. The fraction of sp³-hybridized carbons (Fsp3) is 0.524. The lowest BCUT2D eigenvalue weighted by molar-refractivity contribution is -0.117. The van der Waals surface area contributed by atoms with Crippen LogP contribution in [0, 0.1) is 11.3 Å². The fourth-order valence-corrected chi connectivity index (χ4v) is 4.68. The molecule has 0 spiro atoms. The van der Waals surface area contributed by atoms with Crippen LogP contribution in [0.4, 0.5) is 11.5 Å². The lowest BCUT2D eigenvalue weighted by Gasteiger charge is -2.23. The predicted molar refractivity (Wildman–Crippen MR) is 105 cm³/mol. The second kappa shape index (κ2) is 6.93. The van der Waals surface area contributed by atoms with Crippen molar-refractivity contribution in [3.8, 4) is 6.07 Å². The molecule has 3 aliphatic rings. The monoisotopic (exact) mass is 376 g/mol. The summed E-state index contributed by atoms with van der Waals surface area (Å²) in [6.45, 7) is 2.43. The smallest absolute Gasteiger partial charge is 0.227 e. The van der Waals surface area contributed by atoms with Gasteiger partial charge in [0.25, 0.3) is 0 Å². The third kappa shape index (κ3) is 2.93. The van der Waals surface area contributed by atoms with Crippen LogP contribution in [0.15, 0.2) is 18.5 Å². The lowest BCUT2D eigenvalue weighted by atomic mass is 9.95. The Hall–Kier alpha value is -2.88. The standard InChI is InChI=1S/C21H24N6O/c22-11-16-10-15-4-1-2-5-19(15)24-21(16)25-9-7-17(13-25)27-14-18(12-23-27)26-8-3-6-20(26)28/h10,12,14,17H,1-9,13H2. The highest BCUT2D eigenvalue weighted by Crippen LogP contribution is 2.32. The quantitative estimate of drug-likeness (QED) is 0.823. The zero-order valence-corrected chi connectivity index (χ0v) is 16.0. The summed E-state index contributed by atoms with van der Waals surface area (Å²) in [5.41, 5.74) is 3.99. The number of fused-ring (bicyclic) bond motifs is 1. The summed E-state index contributed by atoms with van der Waals surface area (Å²) < 4.78 is 1.98. The molecule has 2 saturated heterocycles. The molecule has 1 aliphatic carbocycles. The van der Waals surface area contributed by atoms with E-state index in [1.165, 1.54) is 18.4 Å². The van der Waals surface area contributed by atoms with Crippen molar-refractivity contribution in [1.29, 1.82) is 5.26 Å². The van der Waals surface area contributed by atoms with Crippen molar-refractivity contribution in [3.05, 3.63) is 35.3 Å². The topological polar surface area (TPSA) is 78.0 Å². The molecule has 0 N–H and O–H groups in total. The first kappa shape index (κ1) is 17.2. The normalized spacial score (nSPS) is 21.8. The first-order chi connectivity index (χ1) is 13.7. The number of amides is 1. The number of hydrogen-bond donors (Lipinski definition) is 0. The number of carbonyl (C=O) groups excluding carboxylic acids is 1. The summed E-state index contributed by atoms with van der Waals surface area (Å²) in [6, 6.07) is 4.64. The Bertz CT molecular complexity index is 958. The third-order valence-electron chi connectivity index (χ3n) is 6.21. The molecule has 4 heterocycles. The molecule has 28 heavy (non-hydrogen) atoms. The van der Waals surface area contributed by atoms with Crippen molar-refractivity contribution >= 4 is 17.4 Å². The molecule has 2 aromatic heterocycles. The van der Waals surface area contributed by atoms with E-state index in [1.807, 2.05) is 15.8 Å². The maximum atomic E-state index is 12.0. The van der Waals surface area contributed by atoms with E-state index in [2.05, 4.69) is 22.1 Å². The molecule has 0 saturated carbocycles. The van der Waals surface area contributed by atoms with Crippen LogP contribution in [-0.4, -0.2) is 40.3 Å². The second-order valence-electron chi connectivity index (χ2n) is 8.00. The molecular formula is C21H24N6O. The average Bonchev–Trinajstić information content (AvgIpc) is 3.46. The highest BCUT2D eigenvalue weighted by Gasteiger charge is 2.29. The molecule has 1 unspecified atom stereocenters. The molecule has 0 bridgehead atoms. The van der Waals surface area contributed by atoms with Gasteiger partial charge in [-0.3, -0.25) is 9.48 Å². The highest BCUT2D eigenvalue weighted by atomic mass is 16.2. The van der Waals surface area contributed by atoms with Crippen LogP contribution in [-0.2, 0) is 17.6 Å². The summed E-state index contributed by atoms with van der Waals surface area (Å²) in [4.78, 5) is 20.9. The first-order valence-corrected chi connectivity index (χ1v) is 10.3. The number of nitrogens with zero attached hydrogens (tertiary/aromatic N) is 6. The van der Waals surface area contributed by atoms with Crippen LogP contribution < -0.4 is 9.80 Å². The molecule has 0 aromatic carbocycles. The maximum absolute atomic E-state index is 12.0. The van der Waals surface area contributed by atoms with E-state index in [1.54, 1.807) is 6.20 Å². The van der Waals surface area contributed by atoms with Crippen molar-refractivity contribution in [2.75, 3.05) is 29.4 Å². The maximum Gasteiger partial charge on any atom is 0.227 e. The molecule has 0 radical (unpaired) electrons. The van der Waals surface area contributed by atoms with Gasteiger partial charge in [0.2, 0.25) is 5.91 Å². The van der Waals surface area contributed by atoms with Crippen molar-refractivity contribution in [2.45, 2.75) is 51.0 Å². The molecule has 7 heteroatoms. The number of hydrogen-bond acceptors (Lipinski definition) is 5. The number of aromatic nitrogens is 3. The van der Waals surface area contributed by atoms with Gasteiger partial charge in [-0.25, -0.2) is 4.98 Å². The molecule has 1 amide bonds. The Kier molecular flexibility index (Phi) is 4.27.